The first kappa shape index (κ1) is 20.4. The fraction of sp³-hybridized carbons (Fsp3) is 0.444. The Morgan fingerprint density at radius 1 is 1.23 bits per heavy atom. The summed E-state index contributed by atoms with van der Waals surface area (Å²) in [7, 11) is 0. The maximum Gasteiger partial charge on any atom is 0.408 e. The first-order valence-corrected chi connectivity index (χ1v) is 9.38. The van der Waals surface area contributed by atoms with Crippen molar-refractivity contribution in [2.24, 2.45) is 5.92 Å². The first-order chi connectivity index (χ1) is 12.2. The molecule has 0 saturated heterocycles. The number of aromatic nitrogens is 2. The molecule has 0 aliphatic heterocycles. The van der Waals surface area contributed by atoms with Crippen molar-refractivity contribution < 1.29 is 17.9 Å². The highest BCUT2D eigenvalue weighted by atomic mass is 32.2. The van der Waals surface area contributed by atoms with Crippen molar-refractivity contribution in [1.29, 1.82) is 0 Å². The number of rotatable bonds is 7. The van der Waals surface area contributed by atoms with Crippen LogP contribution in [0.1, 0.15) is 20.3 Å². The van der Waals surface area contributed by atoms with E-state index in [0.717, 1.165) is 4.90 Å². The summed E-state index contributed by atoms with van der Waals surface area (Å²) in [5.41, 5.74) is 0.188. The highest BCUT2D eigenvalue weighted by molar-refractivity contribution is 7.98. The Kier molecular flexibility index (Phi) is 6.75. The maximum absolute atomic E-state index is 12.7. The van der Waals surface area contributed by atoms with E-state index in [1.165, 1.54) is 6.20 Å². The van der Waals surface area contributed by atoms with E-state index in [1.807, 2.05) is 32.2 Å². The lowest BCUT2D eigenvalue weighted by Crippen LogP contribution is -2.31. The van der Waals surface area contributed by atoms with Crippen molar-refractivity contribution in [1.82, 2.24) is 9.78 Å². The molecule has 0 unspecified atom stereocenters. The van der Waals surface area contributed by atoms with E-state index in [2.05, 4.69) is 5.10 Å². The van der Waals surface area contributed by atoms with Gasteiger partial charge in [-0.1, -0.05) is 26.0 Å². The van der Waals surface area contributed by atoms with E-state index >= 15 is 0 Å². The van der Waals surface area contributed by atoms with E-state index in [9.17, 15) is 18.0 Å². The number of hydrogen-bond donors (Lipinski definition) is 0. The average molecular weight is 386 g/mol. The molecule has 0 saturated carbocycles. The highest BCUT2D eigenvalue weighted by Crippen LogP contribution is 2.29. The van der Waals surface area contributed by atoms with Crippen molar-refractivity contribution in [3.63, 3.8) is 0 Å². The fourth-order valence-electron chi connectivity index (χ4n) is 2.27. The topological polar surface area (TPSA) is 44.1 Å². The second-order valence-corrected chi connectivity index (χ2v) is 7.10. The van der Waals surface area contributed by atoms with Gasteiger partial charge in [-0.2, -0.15) is 18.3 Å². The third-order valence-electron chi connectivity index (χ3n) is 3.67. The minimum atomic E-state index is -4.53. The predicted molar refractivity (Wildman–Crippen MR) is 96.7 cm³/mol. The van der Waals surface area contributed by atoms with Gasteiger partial charge in [0.1, 0.15) is 6.54 Å². The van der Waals surface area contributed by atoms with Gasteiger partial charge < -0.3 is 4.74 Å². The summed E-state index contributed by atoms with van der Waals surface area (Å²) in [5.74, 6) is 0.250. The number of hydrogen-bond acceptors (Lipinski definition) is 4. The van der Waals surface area contributed by atoms with Crippen LogP contribution in [-0.4, -0.2) is 28.8 Å². The average Bonchev–Trinajstić information content (AvgIpc) is 2.57. The number of ether oxygens (including phenoxy) is 1. The predicted octanol–water partition coefficient (Wildman–Crippen LogP) is 4.62. The van der Waals surface area contributed by atoms with Gasteiger partial charge in [0, 0.05) is 10.5 Å². The van der Waals surface area contributed by atoms with Crippen LogP contribution in [0.4, 0.5) is 13.2 Å². The van der Waals surface area contributed by atoms with Gasteiger partial charge >= 0.3 is 11.7 Å². The third kappa shape index (κ3) is 5.52. The largest absolute Gasteiger partial charge is 0.487 e. The SMILES string of the molecule is CSc1ccc(-c2cnn(CC(F)(F)F)c(=O)c2OCCC(C)C)cc1. The standard InChI is InChI=1S/C18H21F3N2O2S/c1-12(2)8-9-25-16-15(13-4-6-14(26-3)7-5-13)10-22-23(17(16)24)11-18(19,20)21/h4-7,10,12H,8-9,11H2,1-3H3. The van der Waals surface area contributed by atoms with Crippen molar-refractivity contribution in [3.8, 4) is 16.9 Å². The van der Waals surface area contributed by atoms with E-state index in [-0.39, 0.29) is 12.4 Å². The van der Waals surface area contributed by atoms with Gasteiger partial charge in [-0.3, -0.25) is 4.79 Å². The smallest absolute Gasteiger partial charge is 0.408 e. The summed E-state index contributed by atoms with van der Waals surface area (Å²) in [6.07, 6.45) is -0.652. The van der Waals surface area contributed by atoms with Crippen LogP contribution in [0.5, 0.6) is 5.75 Å². The van der Waals surface area contributed by atoms with Crippen molar-refractivity contribution >= 4 is 11.8 Å². The fourth-order valence-corrected chi connectivity index (χ4v) is 2.67. The molecule has 8 heteroatoms. The molecule has 0 atom stereocenters. The van der Waals surface area contributed by atoms with Gasteiger partial charge in [0.05, 0.1) is 12.8 Å². The molecule has 1 aromatic heterocycles. The van der Waals surface area contributed by atoms with E-state index < -0.39 is 18.3 Å². The van der Waals surface area contributed by atoms with E-state index in [0.29, 0.717) is 28.1 Å². The second kappa shape index (κ2) is 8.62. The van der Waals surface area contributed by atoms with Gasteiger partial charge in [0.25, 0.3) is 0 Å². The first-order valence-electron chi connectivity index (χ1n) is 8.15. The minimum absolute atomic E-state index is 0.0956. The lowest BCUT2D eigenvalue weighted by molar-refractivity contribution is -0.143. The van der Waals surface area contributed by atoms with Gasteiger partial charge in [0.2, 0.25) is 0 Å². The molecular weight excluding hydrogens is 365 g/mol. The zero-order valence-corrected chi connectivity index (χ0v) is 15.7. The molecule has 0 aliphatic rings. The van der Waals surface area contributed by atoms with Crippen molar-refractivity contribution in [2.45, 2.75) is 37.9 Å². The molecule has 2 rings (SSSR count). The van der Waals surface area contributed by atoms with Crippen LogP contribution in [-0.2, 0) is 6.54 Å². The lowest BCUT2D eigenvalue weighted by atomic mass is 10.1. The zero-order chi connectivity index (χ0) is 19.3. The molecule has 0 fully saturated rings. The number of benzene rings is 1. The second-order valence-electron chi connectivity index (χ2n) is 6.22. The van der Waals surface area contributed by atoms with Crippen LogP contribution in [0.2, 0.25) is 0 Å². The molecule has 1 aromatic carbocycles. The van der Waals surface area contributed by atoms with Crippen LogP contribution in [0.25, 0.3) is 11.1 Å². The Morgan fingerprint density at radius 3 is 2.42 bits per heavy atom. The van der Waals surface area contributed by atoms with Gasteiger partial charge in [0.15, 0.2) is 5.75 Å². The molecule has 1 heterocycles. The minimum Gasteiger partial charge on any atom is -0.487 e. The summed E-state index contributed by atoms with van der Waals surface area (Å²) in [6.45, 7) is 2.80. The maximum atomic E-state index is 12.7. The summed E-state index contributed by atoms with van der Waals surface area (Å²) in [6, 6.07) is 7.34. The Bertz CT molecular complexity index is 787. The molecule has 2 aromatic rings. The number of halogens is 3. The van der Waals surface area contributed by atoms with Crippen LogP contribution >= 0.6 is 11.8 Å². The van der Waals surface area contributed by atoms with Crippen LogP contribution in [0.15, 0.2) is 40.2 Å². The van der Waals surface area contributed by atoms with Gasteiger partial charge in [-0.15, -0.1) is 11.8 Å². The van der Waals surface area contributed by atoms with E-state index in [1.54, 1.807) is 23.9 Å². The molecule has 0 amide bonds. The molecule has 142 valence electrons. The molecule has 0 bridgehead atoms. The number of nitrogens with zero attached hydrogens (tertiary/aromatic N) is 2. The van der Waals surface area contributed by atoms with Crippen LogP contribution < -0.4 is 10.3 Å². The summed E-state index contributed by atoms with van der Waals surface area (Å²) in [4.78, 5) is 13.5. The Labute approximate surface area is 154 Å². The quantitative estimate of drug-likeness (QED) is 0.652. The van der Waals surface area contributed by atoms with Crippen molar-refractivity contribution in [3.05, 3.63) is 40.8 Å². The summed E-state index contributed by atoms with van der Waals surface area (Å²) < 4.78 is 44.0. The molecule has 4 nitrogen and oxygen atoms in total. The molecule has 0 aliphatic carbocycles. The van der Waals surface area contributed by atoms with Gasteiger partial charge in [-0.25, -0.2) is 4.68 Å². The Balaban J connectivity index is 2.44. The Morgan fingerprint density at radius 2 is 1.88 bits per heavy atom. The van der Waals surface area contributed by atoms with E-state index in [4.69, 9.17) is 4.74 Å². The molecule has 0 radical (unpaired) electrons. The third-order valence-corrected chi connectivity index (χ3v) is 4.41. The number of thioether (sulfide) groups is 1. The molecule has 0 N–H and O–H groups in total. The van der Waals surface area contributed by atoms with Crippen LogP contribution in [0.3, 0.4) is 0 Å². The summed E-state index contributed by atoms with van der Waals surface area (Å²) in [5, 5.41) is 3.69. The van der Waals surface area contributed by atoms with Crippen molar-refractivity contribution in [2.75, 3.05) is 12.9 Å². The highest BCUT2D eigenvalue weighted by Gasteiger charge is 2.30. The zero-order valence-electron chi connectivity index (χ0n) is 14.8. The van der Waals surface area contributed by atoms with Crippen LogP contribution in [0, 0.1) is 5.92 Å². The molecule has 26 heavy (non-hydrogen) atoms. The normalized spacial score (nSPS) is 11.8. The van der Waals surface area contributed by atoms with Gasteiger partial charge in [-0.05, 0) is 36.3 Å². The summed E-state index contributed by atoms with van der Waals surface area (Å²) >= 11 is 1.57. The monoisotopic (exact) mass is 386 g/mol. The Hall–Kier alpha value is -1.96. The number of alkyl halides is 3. The molecule has 0 spiro atoms. The lowest BCUT2D eigenvalue weighted by Gasteiger charge is -2.15. The molecular formula is C18H21F3N2O2S.